The van der Waals surface area contributed by atoms with E-state index in [0.717, 1.165) is 0 Å². The first-order valence-corrected chi connectivity index (χ1v) is 15.0. The Morgan fingerprint density at radius 1 is 0.591 bits per heavy atom. The Kier molecular flexibility index (Phi) is 3.83. The fourth-order valence-corrected chi connectivity index (χ4v) is 13.6. The Morgan fingerprint density at radius 2 is 1.18 bits per heavy atom. The molecule has 3 aromatic rings. The molecule has 0 nitrogen and oxygen atoms in total. The summed E-state index contributed by atoms with van der Waals surface area (Å²) in [5, 5.41) is 6.00. The average molecular weight is 321 g/mol. The van der Waals surface area contributed by atoms with Crippen LogP contribution in [0.2, 0.25) is 26.2 Å². The second-order valence-corrected chi connectivity index (χ2v) is 22.6. The van der Waals surface area contributed by atoms with Gasteiger partial charge in [0.25, 0.3) is 0 Å². The van der Waals surface area contributed by atoms with Crippen LogP contribution >= 0.6 is 0 Å². The molecule has 1 atom stereocenters. The molecule has 3 rings (SSSR count). The first kappa shape index (κ1) is 15.3. The second-order valence-electron chi connectivity index (χ2n) is 7.27. The van der Waals surface area contributed by atoms with Crippen LogP contribution in [0.5, 0.6) is 0 Å². The first-order valence-electron chi connectivity index (χ1n) is 7.98. The molecule has 0 radical (unpaired) electrons. The van der Waals surface area contributed by atoms with Gasteiger partial charge in [-0.1, -0.05) is 104 Å². The van der Waals surface area contributed by atoms with Crippen LogP contribution in [0.4, 0.5) is 0 Å². The predicted octanol–water partition coefficient (Wildman–Crippen LogP) is 4.45. The molecule has 0 amide bonds. The maximum atomic E-state index is 2.58. The molecule has 0 bridgehead atoms. The highest BCUT2D eigenvalue weighted by Crippen LogP contribution is 2.23. The normalized spacial score (nSPS) is 14.7. The van der Waals surface area contributed by atoms with Gasteiger partial charge in [0, 0.05) is 7.59 Å². The van der Waals surface area contributed by atoms with Crippen LogP contribution in [0.25, 0.3) is 10.8 Å². The van der Waals surface area contributed by atoms with Crippen molar-refractivity contribution in [3.8, 4) is 0 Å². The summed E-state index contributed by atoms with van der Waals surface area (Å²) in [5.41, 5.74) is 0. The summed E-state index contributed by atoms with van der Waals surface area (Å²) in [5.74, 6) is 0. The maximum Gasteiger partial charge on any atom is 0.108 e. The molecule has 0 heterocycles. The summed E-state index contributed by atoms with van der Waals surface area (Å²) in [6, 6.07) is 27.0. The summed E-state index contributed by atoms with van der Waals surface area (Å²) in [6.45, 7) is 10.2. The van der Waals surface area contributed by atoms with E-state index in [1.807, 2.05) is 0 Å². The second kappa shape index (κ2) is 5.52. The molecule has 0 saturated carbocycles. The van der Waals surface area contributed by atoms with Gasteiger partial charge in [-0.3, -0.25) is 0 Å². The van der Waals surface area contributed by atoms with Crippen molar-refractivity contribution in [3.63, 3.8) is 0 Å². The zero-order valence-electron chi connectivity index (χ0n) is 13.9. The van der Waals surface area contributed by atoms with E-state index in [0.29, 0.717) is 0 Å². The molecule has 3 aromatic carbocycles. The zero-order valence-corrected chi connectivity index (χ0v) is 15.9. The summed E-state index contributed by atoms with van der Waals surface area (Å²) in [7, 11) is -3.10. The van der Waals surface area contributed by atoms with Crippen LogP contribution in [-0.4, -0.2) is 15.2 Å². The van der Waals surface area contributed by atoms with E-state index in [-0.39, 0.29) is 0 Å². The molecule has 0 saturated heterocycles. The smallest absolute Gasteiger partial charge is 0.0709 e. The fourth-order valence-electron chi connectivity index (χ4n) is 3.43. The van der Waals surface area contributed by atoms with E-state index in [4.69, 9.17) is 0 Å². The summed E-state index contributed by atoms with van der Waals surface area (Å²) in [6.07, 6.45) is 0. The van der Waals surface area contributed by atoms with E-state index >= 15 is 0 Å². The van der Waals surface area contributed by atoms with Gasteiger partial charge in [0.2, 0.25) is 0 Å². The molecule has 22 heavy (non-hydrogen) atoms. The van der Waals surface area contributed by atoms with Gasteiger partial charge in [-0.05, 0) is 16.0 Å². The first-order chi connectivity index (χ1) is 10.4. The molecular formula is C20H24Si2. The third-order valence-electron chi connectivity index (χ3n) is 5.18. The molecule has 0 aromatic heterocycles. The van der Waals surface area contributed by atoms with Crippen molar-refractivity contribution < 1.29 is 0 Å². The molecule has 0 N–H and O–H groups in total. The quantitative estimate of drug-likeness (QED) is 0.626. The Labute approximate surface area is 135 Å². The molecule has 112 valence electrons. The minimum atomic E-state index is -1.73. The molecule has 2 heteroatoms. The highest BCUT2D eigenvalue weighted by molar-refractivity contribution is 7.50. The van der Waals surface area contributed by atoms with Gasteiger partial charge in [-0.2, -0.15) is 0 Å². The van der Waals surface area contributed by atoms with Gasteiger partial charge in [-0.15, -0.1) is 0 Å². The lowest BCUT2D eigenvalue weighted by Crippen LogP contribution is -2.71. The Balaban J connectivity index is 2.36. The summed E-state index contributed by atoms with van der Waals surface area (Å²) in [4.78, 5) is 0. The van der Waals surface area contributed by atoms with Crippen LogP contribution in [0.3, 0.4) is 0 Å². The van der Waals surface area contributed by atoms with Crippen LogP contribution in [-0.2, 0) is 0 Å². The average Bonchev–Trinajstić information content (AvgIpc) is 2.53. The highest BCUT2D eigenvalue weighted by atomic mass is 29.3. The van der Waals surface area contributed by atoms with Gasteiger partial charge in [0.05, 0.1) is 0 Å². The van der Waals surface area contributed by atoms with Crippen LogP contribution < -0.4 is 10.4 Å². The van der Waals surface area contributed by atoms with Gasteiger partial charge in [0.1, 0.15) is 7.59 Å². The van der Waals surface area contributed by atoms with Crippen molar-refractivity contribution in [1.29, 1.82) is 0 Å². The van der Waals surface area contributed by atoms with E-state index in [1.54, 1.807) is 10.4 Å². The number of hydrogen-bond acceptors (Lipinski definition) is 0. The maximum absolute atomic E-state index is 2.58. The van der Waals surface area contributed by atoms with Crippen molar-refractivity contribution in [2.24, 2.45) is 0 Å². The number of rotatable bonds is 3. The lowest BCUT2D eigenvalue weighted by Gasteiger charge is -2.40. The fraction of sp³-hybridized carbons (Fsp3) is 0.200. The van der Waals surface area contributed by atoms with Crippen LogP contribution in [0.15, 0.2) is 72.8 Å². The SMILES string of the molecule is C[Si](C)(C)[Si@](C)(c1ccccc1)c1cccc2ccccc12. The third kappa shape index (κ3) is 2.36. The number of fused-ring (bicyclic) bond motifs is 1. The predicted molar refractivity (Wildman–Crippen MR) is 105 cm³/mol. The lowest BCUT2D eigenvalue weighted by atomic mass is 10.1. The molecule has 0 aliphatic rings. The van der Waals surface area contributed by atoms with Gasteiger partial charge in [-0.25, -0.2) is 0 Å². The van der Waals surface area contributed by atoms with Crippen LogP contribution in [0.1, 0.15) is 0 Å². The van der Waals surface area contributed by atoms with Crippen molar-refractivity contribution in [2.45, 2.75) is 26.2 Å². The Morgan fingerprint density at radius 3 is 1.86 bits per heavy atom. The Hall–Kier alpha value is -1.65. The van der Waals surface area contributed by atoms with E-state index in [1.165, 1.54) is 10.8 Å². The number of benzene rings is 3. The monoisotopic (exact) mass is 320 g/mol. The van der Waals surface area contributed by atoms with Crippen molar-refractivity contribution in [2.75, 3.05) is 0 Å². The minimum absolute atomic E-state index is 1.37. The molecule has 0 spiro atoms. The van der Waals surface area contributed by atoms with Crippen LogP contribution in [0, 0.1) is 0 Å². The summed E-state index contributed by atoms with van der Waals surface area (Å²) < 4.78 is 0. The molecule has 0 aliphatic carbocycles. The third-order valence-corrected chi connectivity index (χ3v) is 21.9. The van der Waals surface area contributed by atoms with Gasteiger partial charge < -0.3 is 0 Å². The standard InChI is InChI=1S/C20H24Si2/c1-21(2,3)22(4,18-13-6-5-7-14-18)20-16-10-12-17-11-8-9-15-19(17)20/h5-16H,1-4H3/t22-/m1/s1. The lowest BCUT2D eigenvalue weighted by molar-refractivity contribution is 1.69. The van der Waals surface area contributed by atoms with Gasteiger partial charge in [0.15, 0.2) is 0 Å². The van der Waals surface area contributed by atoms with Crippen molar-refractivity contribution >= 4 is 36.3 Å². The topological polar surface area (TPSA) is 0 Å². The minimum Gasteiger partial charge on any atom is -0.0709 e. The van der Waals surface area contributed by atoms with Crippen molar-refractivity contribution in [3.05, 3.63) is 72.8 Å². The number of hydrogen-bond donors (Lipinski definition) is 0. The Bertz CT molecular complexity index is 782. The largest absolute Gasteiger partial charge is 0.108 e. The van der Waals surface area contributed by atoms with E-state index < -0.39 is 15.2 Å². The molecular weight excluding hydrogens is 296 g/mol. The van der Waals surface area contributed by atoms with E-state index in [2.05, 4.69) is 99.0 Å². The summed E-state index contributed by atoms with van der Waals surface area (Å²) >= 11 is 0. The molecule has 0 fully saturated rings. The molecule has 0 aliphatic heterocycles. The molecule has 0 unspecified atom stereocenters. The highest BCUT2D eigenvalue weighted by Gasteiger charge is 2.45. The van der Waals surface area contributed by atoms with E-state index in [9.17, 15) is 0 Å². The zero-order chi connectivity index (χ0) is 15.8. The van der Waals surface area contributed by atoms with Gasteiger partial charge >= 0.3 is 0 Å². The van der Waals surface area contributed by atoms with Crippen molar-refractivity contribution in [1.82, 2.24) is 0 Å².